The van der Waals surface area contributed by atoms with E-state index in [1.165, 1.54) is 12.8 Å². The fourth-order valence-corrected chi connectivity index (χ4v) is 2.53. The van der Waals surface area contributed by atoms with Gasteiger partial charge in [0.05, 0.1) is 6.10 Å². The van der Waals surface area contributed by atoms with Crippen LogP contribution in [0.1, 0.15) is 45.1 Å². The van der Waals surface area contributed by atoms with Gasteiger partial charge in [0.2, 0.25) is 5.91 Å². The number of hydrogen-bond donors (Lipinski definition) is 0. The first-order chi connectivity index (χ1) is 10.1. The highest BCUT2D eigenvalue weighted by Crippen LogP contribution is 2.16. The van der Waals surface area contributed by atoms with E-state index < -0.39 is 0 Å². The first-order valence-corrected chi connectivity index (χ1v) is 7.89. The first kappa shape index (κ1) is 15.6. The molecule has 0 N–H and O–H groups in total. The molecule has 0 saturated carbocycles. The Kier molecular flexibility index (Phi) is 5.85. The van der Waals surface area contributed by atoms with Crippen molar-refractivity contribution in [1.82, 2.24) is 4.90 Å². The Balaban J connectivity index is 1.97. The van der Waals surface area contributed by atoms with Crippen molar-refractivity contribution in [2.75, 3.05) is 13.1 Å². The van der Waals surface area contributed by atoms with Gasteiger partial charge in [0.15, 0.2) is 0 Å². The molecule has 1 aromatic carbocycles. The maximum atomic E-state index is 12.2. The van der Waals surface area contributed by atoms with E-state index in [1.807, 2.05) is 49.1 Å². The van der Waals surface area contributed by atoms with Crippen LogP contribution in [0.25, 0.3) is 6.08 Å². The van der Waals surface area contributed by atoms with Crippen molar-refractivity contribution in [3.63, 3.8) is 0 Å². The third-order valence-electron chi connectivity index (χ3n) is 3.57. The molecule has 1 aliphatic rings. The van der Waals surface area contributed by atoms with E-state index in [0.29, 0.717) is 0 Å². The normalized spacial score (nSPS) is 16.2. The van der Waals surface area contributed by atoms with Gasteiger partial charge in [-0.25, -0.2) is 0 Å². The van der Waals surface area contributed by atoms with Gasteiger partial charge in [0, 0.05) is 19.2 Å². The van der Waals surface area contributed by atoms with E-state index in [0.717, 1.165) is 37.2 Å². The Hall–Kier alpha value is -1.77. The lowest BCUT2D eigenvalue weighted by Crippen LogP contribution is -2.30. The van der Waals surface area contributed by atoms with E-state index >= 15 is 0 Å². The molecular formula is C18H25NO2. The van der Waals surface area contributed by atoms with Crippen molar-refractivity contribution < 1.29 is 9.53 Å². The van der Waals surface area contributed by atoms with Gasteiger partial charge in [-0.2, -0.15) is 0 Å². The molecule has 3 nitrogen and oxygen atoms in total. The average molecular weight is 287 g/mol. The smallest absolute Gasteiger partial charge is 0.246 e. The van der Waals surface area contributed by atoms with E-state index in [-0.39, 0.29) is 12.0 Å². The number of carbonyl (C=O) groups is 1. The van der Waals surface area contributed by atoms with Crippen molar-refractivity contribution in [1.29, 1.82) is 0 Å². The summed E-state index contributed by atoms with van der Waals surface area (Å²) < 4.78 is 5.67. The summed E-state index contributed by atoms with van der Waals surface area (Å²) in [5, 5.41) is 0. The molecule has 21 heavy (non-hydrogen) atoms. The molecule has 2 rings (SSSR count). The van der Waals surface area contributed by atoms with Crippen molar-refractivity contribution in [2.45, 2.75) is 45.6 Å². The molecule has 1 saturated heterocycles. The quantitative estimate of drug-likeness (QED) is 0.786. The van der Waals surface area contributed by atoms with Gasteiger partial charge in [-0.1, -0.05) is 25.0 Å². The van der Waals surface area contributed by atoms with Gasteiger partial charge in [0.25, 0.3) is 0 Å². The summed E-state index contributed by atoms with van der Waals surface area (Å²) >= 11 is 0. The number of carbonyl (C=O) groups excluding carboxylic acids is 1. The van der Waals surface area contributed by atoms with Gasteiger partial charge >= 0.3 is 0 Å². The lowest BCUT2D eigenvalue weighted by molar-refractivity contribution is -0.125. The van der Waals surface area contributed by atoms with Gasteiger partial charge in [-0.15, -0.1) is 0 Å². The number of benzene rings is 1. The fraction of sp³-hybridized carbons (Fsp3) is 0.500. The van der Waals surface area contributed by atoms with Gasteiger partial charge in [0.1, 0.15) is 5.75 Å². The molecule has 1 amide bonds. The Morgan fingerprint density at radius 3 is 2.57 bits per heavy atom. The lowest BCUT2D eigenvalue weighted by atomic mass is 10.2. The molecule has 1 aromatic rings. The summed E-state index contributed by atoms with van der Waals surface area (Å²) in [5.74, 6) is 0.960. The zero-order chi connectivity index (χ0) is 15.1. The van der Waals surface area contributed by atoms with E-state index in [2.05, 4.69) is 0 Å². The Morgan fingerprint density at radius 2 is 1.90 bits per heavy atom. The summed E-state index contributed by atoms with van der Waals surface area (Å²) in [6.45, 7) is 5.79. The van der Waals surface area contributed by atoms with Crippen LogP contribution >= 0.6 is 0 Å². The Labute approximate surface area is 127 Å². The molecule has 0 spiro atoms. The third kappa shape index (κ3) is 5.25. The van der Waals surface area contributed by atoms with E-state index in [4.69, 9.17) is 4.74 Å². The highest BCUT2D eigenvalue weighted by atomic mass is 16.5. The third-order valence-corrected chi connectivity index (χ3v) is 3.57. The van der Waals surface area contributed by atoms with Crippen LogP contribution in [0.15, 0.2) is 30.3 Å². The zero-order valence-electron chi connectivity index (χ0n) is 13.0. The number of ether oxygens (including phenoxy) is 1. The topological polar surface area (TPSA) is 29.5 Å². The number of hydrogen-bond acceptors (Lipinski definition) is 2. The second-order valence-electron chi connectivity index (χ2n) is 5.81. The van der Waals surface area contributed by atoms with Crippen molar-refractivity contribution >= 4 is 12.0 Å². The molecule has 0 atom stereocenters. The zero-order valence-corrected chi connectivity index (χ0v) is 13.0. The maximum Gasteiger partial charge on any atom is 0.246 e. The van der Waals surface area contributed by atoms with Crippen LogP contribution in [0, 0.1) is 0 Å². The summed E-state index contributed by atoms with van der Waals surface area (Å²) in [4.78, 5) is 14.2. The van der Waals surface area contributed by atoms with Crippen LogP contribution in [-0.4, -0.2) is 30.0 Å². The second-order valence-corrected chi connectivity index (χ2v) is 5.81. The number of rotatable bonds is 4. The minimum atomic E-state index is 0.118. The van der Waals surface area contributed by atoms with Crippen molar-refractivity contribution in [2.24, 2.45) is 0 Å². The van der Waals surface area contributed by atoms with Crippen LogP contribution in [0.4, 0.5) is 0 Å². The van der Waals surface area contributed by atoms with Crippen LogP contribution in [0.2, 0.25) is 0 Å². The van der Waals surface area contributed by atoms with Crippen LogP contribution < -0.4 is 4.74 Å². The van der Waals surface area contributed by atoms with E-state index in [9.17, 15) is 4.79 Å². The highest BCUT2D eigenvalue weighted by molar-refractivity contribution is 5.91. The van der Waals surface area contributed by atoms with Crippen LogP contribution in [0.3, 0.4) is 0 Å². The second kappa shape index (κ2) is 7.87. The SMILES string of the molecule is CC(C)Oc1cccc(/C=C/C(=O)N2CCCCCC2)c1. The Morgan fingerprint density at radius 1 is 1.19 bits per heavy atom. The first-order valence-electron chi connectivity index (χ1n) is 7.89. The summed E-state index contributed by atoms with van der Waals surface area (Å²) in [6.07, 6.45) is 8.43. The lowest BCUT2D eigenvalue weighted by Gasteiger charge is -2.18. The molecule has 1 heterocycles. The molecule has 0 unspecified atom stereocenters. The maximum absolute atomic E-state index is 12.2. The molecule has 1 fully saturated rings. The van der Waals surface area contributed by atoms with E-state index in [1.54, 1.807) is 6.08 Å². The molecule has 114 valence electrons. The number of nitrogens with zero attached hydrogens (tertiary/aromatic N) is 1. The summed E-state index contributed by atoms with van der Waals surface area (Å²) in [7, 11) is 0. The van der Waals surface area contributed by atoms with Crippen LogP contribution in [-0.2, 0) is 4.79 Å². The molecule has 0 aromatic heterocycles. The molecule has 0 aliphatic carbocycles. The predicted octanol–water partition coefficient (Wildman–Crippen LogP) is 3.89. The summed E-state index contributed by atoms with van der Waals surface area (Å²) in [6, 6.07) is 7.84. The Bertz CT molecular complexity index is 486. The largest absolute Gasteiger partial charge is 0.491 e. The predicted molar refractivity (Wildman–Crippen MR) is 86.3 cm³/mol. The average Bonchev–Trinajstić information content (AvgIpc) is 2.73. The number of likely N-dealkylation sites (tertiary alicyclic amines) is 1. The molecular weight excluding hydrogens is 262 g/mol. The summed E-state index contributed by atoms with van der Waals surface area (Å²) in [5.41, 5.74) is 0.997. The minimum absolute atomic E-state index is 0.118. The van der Waals surface area contributed by atoms with Crippen molar-refractivity contribution in [3.8, 4) is 5.75 Å². The fourth-order valence-electron chi connectivity index (χ4n) is 2.53. The van der Waals surface area contributed by atoms with Crippen LogP contribution in [0.5, 0.6) is 5.75 Å². The van der Waals surface area contributed by atoms with Gasteiger partial charge in [-0.05, 0) is 50.5 Å². The standard InChI is InChI=1S/C18H25NO2/c1-15(2)21-17-9-7-8-16(14-17)10-11-18(20)19-12-5-3-4-6-13-19/h7-11,14-15H,3-6,12-13H2,1-2H3/b11-10+. The molecule has 3 heteroatoms. The number of amides is 1. The van der Waals surface area contributed by atoms with Gasteiger partial charge < -0.3 is 9.64 Å². The molecule has 0 bridgehead atoms. The molecule has 0 radical (unpaired) electrons. The van der Waals surface area contributed by atoms with Crippen molar-refractivity contribution in [3.05, 3.63) is 35.9 Å². The highest BCUT2D eigenvalue weighted by Gasteiger charge is 2.12. The minimum Gasteiger partial charge on any atom is -0.491 e. The van der Waals surface area contributed by atoms with Gasteiger partial charge in [-0.3, -0.25) is 4.79 Å². The monoisotopic (exact) mass is 287 g/mol. The molecule has 1 aliphatic heterocycles.